The van der Waals surface area contributed by atoms with Crippen molar-refractivity contribution < 1.29 is 10.2 Å². The molecular weight excluding hydrogens is 388 g/mol. The molecule has 0 amide bonds. The van der Waals surface area contributed by atoms with Gasteiger partial charge >= 0.3 is 0 Å². The molecule has 0 aliphatic heterocycles. The molecule has 156 valence electrons. The molecule has 2 nitrogen and oxygen atoms in total. The van der Waals surface area contributed by atoms with E-state index in [9.17, 15) is 10.2 Å². The molecule has 0 unspecified atom stereocenters. The first-order chi connectivity index (χ1) is 14.1. The van der Waals surface area contributed by atoms with Crippen molar-refractivity contribution in [1.29, 1.82) is 0 Å². The van der Waals surface area contributed by atoms with E-state index in [2.05, 4.69) is 52.0 Å². The smallest absolute Gasteiger partial charge is 0.129 e. The summed E-state index contributed by atoms with van der Waals surface area (Å²) in [5.74, 6) is 0.595. The van der Waals surface area contributed by atoms with Crippen molar-refractivity contribution >= 4 is 22.5 Å². The first-order valence-corrected chi connectivity index (χ1v) is 12.0. The van der Waals surface area contributed by atoms with E-state index in [0.29, 0.717) is 5.75 Å². The van der Waals surface area contributed by atoms with Crippen LogP contribution in [0, 0.1) is 10.8 Å². The van der Waals surface area contributed by atoms with Gasteiger partial charge in [-0.15, -0.1) is 11.8 Å². The third-order valence-electron chi connectivity index (χ3n) is 7.16. The third kappa shape index (κ3) is 2.71. The van der Waals surface area contributed by atoms with E-state index < -0.39 is 0 Å². The zero-order valence-corrected chi connectivity index (χ0v) is 19.3. The van der Waals surface area contributed by atoms with Crippen LogP contribution < -0.4 is 0 Å². The maximum atomic E-state index is 11.1. The fourth-order valence-electron chi connectivity index (χ4n) is 7.01. The molecule has 3 aromatic rings. The number of thioether (sulfide) groups is 1. The van der Waals surface area contributed by atoms with E-state index in [1.54, 1.807) is 0 Å². The summed E-state index contributed by atoms with van der Waals surface area (Å²) in [7, 11) is 0. The molecule has 2 N–H and O–H groups in total. The van der Waals surface area contributed by atoms with E-state index >= 15 is 0 Å². The topological polar surface area (TPSA) is 40.5 Å². The average molecular weight is 419 g/mol. The Morgan fingerprint density at radius 2 is 1.43 bits per heavy atom. The van der Waals surface area contributed by atoms with Crippen molar-refractivity contribution in [3.63, 3.8) is 0 Å². The van der Waals surface area contributed by atoms with Gasteiger partial charge in [0.25, 0.3) is 0 Å². The molecule has 1 spiro atoms. The van der Waals surface area contributed by atoms with Crippen LogP contribution in [0.4, 0.5) is 0 Å². The number of phenols is 2. The minimum absolute atomic E-state index is 0.114. The summed E-state index contributed by atoms with van der Waals surface area (Å²) in [6, 6.07) is 14.6. The molecule has 0 aromatic heterocycles. The number of hydrogen-bond acceptors (Lipinski definition) is 3. The van der Waals surface area contributed by atoms with Gasteiger partial charge in [0.1, 0.15) is 11.5 Å². The van der Waals surface area contributed by atoms with Gasteiger partial charge in [-0.05, 0) is 82.2 Å². The largest absolute Gasteiger partial charge is 0.507 e. The number of phenolic OH excluding ortho intramolecular Hbond substituents is 2. The molecule has 0 atom stereocenters. The van der Waals surface area contributed by atoms with Crippen LogP contribution >= 0.6 is 11.8 Å². The Morgan fingerprint density at radius 3 is 2.10 bits per heavy atom. The summed E-state index contributed by atoms with van der Waals surface area (Å²) in [5.41, 5.74) is 5.33. The zero-order chi connectivity index (χ0) is 21.5. The lowest BCUT2D eigenvalue weighted by atomic mass is 9.52. The van der Waals surface area contributed by atoms with Crippen molar-refractivity contribution in [2.45, 2.75) is 57.3 Å². The predicted molar refractivity (Wildman–Crippen MR) is 127 cm³/mol. The van der Waals surface area contributed by atoms with Crippen molar-refractivity contribution in [3.8, 4) is 22.6 Å². The van der Waals surface area contributed by atoms with Crippen LogP contribution in [0.5, 0.6) is 11.5 Å². The van der Waals surface area contributed by atoms with Crippen LogP contribution in [0.25, 0.3) is 21.9 Å². The molecule has 0 heterocycles. The summed E-state index contributed by atoms with van der Waals surface area (Å²) in [6.07, 6.45) is 5.26. The molecule has 1 saturated carbocycles. The Bertz CT molecular complexity index is 1170. The van der Waals surface area contributed by atoms with Gasteiger partial charge in [0.15, 0.2) is 0 Å². The number of fused-ring (bicyclic) bond motifs is 7. The molecule has 3 aromatic carbocycles. The van der Waals surface area contributed by atoms with Crippen LogP contribution in [0.1, 0.15) is 58.1 Å². The molecule has 0 saturated heterocycles. The average Bonchev–Trinajstić information content (AvgIpc) is 2.88. The lowest BCUT2D eigenvalue weighted by molar-refractivity contribution is 0.0645. The minimum atomic E-state index is -0.114. The number of hydrogen-bond donors (Lipinski definition) is 2. The summed E-state index contributed by atoms with van der Waals surface area (Å²) >= 11 is 1.50. The van der Waals surface area contributed by atoms with Crippen molar-refractivity contribution in [2.24, 2.45) is 10.8 Å². The molecule has 0 bridgehead atoms. The van der Waals surface area contributed by atoms with Gasteiger partial charge in [-0.25, -0.2) is 0 Å². The summed E-state index contributed by atoms with van der Waals surface area (Å²) in [6.45, 7) is 9.53. The summed E-state index contributed by atoms with van der Waals surface area (Å²) in [5, 5.41) is 23.5. The minimum Gasteiger partial charge on any atom is -0.507 e. The summed E-state index contributed by atoms with van der Waals surface area (Å²) in [4.78, 5) is 0.790. The molecule has 2 aliphatic rings. The number of benzene rings is 3. The SMILES string of the molecule is CSc1cc2c(O)cc3c(c2cc1O)-c1ccccc1C31CC(C)(C)CC(C)(C)C1. The fraction of sp³-hybridized carbons (Fsp3) is 0.407. The molecule has 3 heteroatoms. The molecule has 2 aliphatic carbocycles. The highest BCUT2D eigenvalue weighted by atomic mass is 32.2. The van der Waals surface area contributed by atoms with Gasteiger partial charge in [0, 0.05) is 15.7 Å². The molecule has 30 heavy (non-hydrogen) atoms. The maximum Gasteiger partial charge on any atom is 0.129 e. The van der Waals surface area contributed by atoms with E-state index in [1.807, 2.05) is 24.5 Å². The molecule has 0 radical (unpaired) electrons. The molecular formula is C27H30O2S. The van der Waals surface area contributed by atoms with E-state index in [0.717, 1.165) is 28.5 Å². The highest BCUT2D eigenvalue weighted by Gasteiger charge is 2.53. The third-order valence-corrected chi connectivity index (χ3v) is 7.93. The van der Waals surface area contributed by atoms with Gasteiger partial charge in [0.2, 0.25) is 0 Å². The highest BCUT2D eigenvalue weighted by molar-refractivity contribution is 7.98. The lowest BCUT2D eigenvalue weighted by Gasteiger charge is -2.51. The van der Waals surface area contributed by atoms with Crippen LogP contribution in [-0.4, -0.2) is 16.5 Å². The second-order valence-electron chi connectivity index (χ2n) is 10.9. The van der Waals surface area contributed by atoms with Crippen molar-refractivity contribution in [2.75, 3.05) is 6.26 Å². The van der Waals surface area contributed by atoms with Crippen LogP contribution in [0.3, 0.4) is 0 Å². The second kappa shape index (κ2) is 6.20. The van der Waals surface area contributed by atoms with Crippen LogP contribution in [-0.2, 0) is 5.41 Å². The Balaban J connectivity index is 1.90. The zero-order valence-electron chi connectivity index (χ0n) is 18.5. The normalized spacial score (nSPS) is 20.3. The van der Waals surface area contributed by atoms with Gasteiger partial charge in [-0.1, -0.05) is 52.0 Å². The van der Waals surface area contributed by atoms with E-state index in [4.69, 9.17) is 0 Å². The van der Waals surface area contributed by atoms with Gasteiger partial charge in [0.05, 0.1) is 0 Å². The quantitative estimate of drug-likeness (QED) is 0.403. The van der Waals surface area contributed by atoms with Gasteiger partial charge in [-0.3, -0.25) is 0 Å². The first-order valence-electron chi connectivity index (χ1n) is 10.7. The Labute approximate surface area is 183 Å². The van der Waals surface area contributed by atoms with E-state index in [1.165, 1.54) is 40.4 Å². The van der Waals surface area contributed by atoms with Gasteiger partial charge < -0.3 is 10.2 Å². The standard InChI is InChI=1S/C27H30O2S/c1-25(2)13-26(3,4)15-27(14-25)19-9-7-6-8-16(19)24-18-10-22(29)23(30-5)11-17(18)21(28)12-20(24)27/h6-12,28-29H,13-15H2,1-5H3. The predicted octanol–water partition coefficient (Wildman–Crippen LogP) is 7.48. The van der Waals surface area contributed by atoms with Crippen molar-refractivity contribution in [1.82, 2.24) is 0 Å². The van der Waals surface area contributed by atoms with Gasteiger partial charge in [-0.2, -0.15) is 0 Å². The Morgan fingerprint density at radius 1 is 0.767 bits per heavy atom. The van der Waals surface area contributed by atoms with Crippen molar-refractivity contribution in [3.05, 3.63) is 53.6 Å². The lowest BCUT2D eigenvalue weighted by Crippen LogP contribution is -2.43. The Kier molecular flexibility index (Phi) is 4.09. The van der Waals surface area contributed by atoms with E-state index in [-0.39, 0.29) is 22.0 Å². The molecule has 1 fully saturated rings. The highest BCUT2D eigenvalue weighted by Crippen LogP contribution is 2.64. The molecule has 5 rings (SSSR count). The van der Waals surface area contributed by atoms with Crippen LogP contribution in [0.2, 0.25) is 0 Å². The number of rotatable bonds is 1. The maximum absolute atomic E-state index is 11.1. The summed E-state index contributed by atoms with van der Waals surface area (Å²) < 4.78 is 0. The number of aromatic hydroxyl groups is 2. The fourth-order valence-corrected chi connectivity index (χ4v) is 7.52. The second-order valence-corrected chi connectivity index (χ2v) is 11.7. The van der Waals surface area contributed by atoms with Crippen LogP contribution in [0.15, 0.2) is 47.4 Å². The monoisotopic (exact) mass is 418 g/mol. The Hall–Kier alpha value is -2.13. The first kappa shape index (κ1) is 19.8.